The molecule has 1 saturated heterocycles. The Morgan fingerprint density at radius 2 is 1.89 bits per heavy atom. The predicted molar refractivity (Wildman–Crippen MR) is 78.9 cm³/mol. The molecule has 0 aromatic heterocycles. The van der Waals surface area contributed by atoms with Crippen molar-refractivity contribution in [3.05, 3.63) is 0 Å². The molecule has 0 spiro atoms. The molecule has 1 saturated carbocycles. The van der Waals surface area contributed by atoms with Gasteiger partial charge in [0.25, 0.3) is 0 Å². The summed E-state index contributed by atoms with van der Waals surface area (Å²) in [6.45, 7) is 9.74. The molecule has 0 aromatic rings. The van der Waals surface area contributed by atoms with Gasteiger partial charge < -0.3 is 10.2 Å². The number of nitrogens with zero attached hydrogens (tertiary/aromatic N) is 1. The van der Waals surface area contributed by atoms with Crippen LogP contribution in [-0.4, -0.2) is 37.1 Å². The lowest BCUT2D eigenvalue weighted by Crippen LogP contribution is -2.48. The van der Waals surface area contributed by atoms with Crippen LogP contribution in [-0.2, 0) is 0 Å². The van der Waals surface area contributed by atoms with Gasteiger partial charge in [-0.3, -0.25) is 0 Å². The Balaban J connectivity index is 1.65. The number of rotatable bonds is 5. The molecular weight excluding hydrogens is 220 g/mol. The molecule has 1 aliphatic carbocycles. The van der Waals surface area contributed by atoms with Gasteiger partial charge in [0.1, 0.15) is 0 Å². The number of nitrogens with one attached hydrogen (secondary N) is 1. The van der Waals surface area contributed by atoms with Crippen LogP contribution in [0.2, 0.25) is 0 Å². The Bertz CT molecular complexity index is 223. The van der Waals surface area contributed by atoms with Crippen molar-refractivity contribution in [3.63, 3.8) is 0 Å². The molecule has 2 nitrogen and oxygen atoms in total. The van der Waals surface area contributed by atoms with Crippen molar-refractivity contribution >= 4 is 0 Å². The van der Waals surface area contributed by atoms with Gasteiger partial charge in [0.2, 0.25) is 0 Å². The summed E-state index contributed by atoms with van der Waals surface area (Å²) in [7, 11) is 0. The summed E-state index contributed by atoms with van der Waals surface area (Å²) in [5.41, 5.74) is 0. The second-order valence-electron chi connectivity index (χ2n) is 6.52. The number of hydrogen-bond donors (Lipinski definition) is 1. The molecule has 2 fully saturated rings. The Hall–Kier alpha value is -0.0800. The van der Waals surface area contributed by atoms with E-state index in [0.717, 1.165) is 24.4 Å². The Kier molecular flexibility index (Phi) is 5.97. The molecule has 2 rings (SSSR count). The van der Waals surface area contributed by atoms with Gasteiger partial charge in [-0.15, -0.1) is 0 Å². The molecule has 0 amide bonds. The number of hydrogen-bond acceptors (Lipinski definition) is 2. The van der Waals surface area contributed by atoms with E-state index in [1.807, 2.05) is 0 Å². The smallest absolute Gasteiger partial charge is 0.0117 e. The van der Waals surface area contributed by atoms with Gasteiger partial charge >= 0.3 is 0 Å². The highest BCUT2D eigenvalue weighted by molar-refractivity contribution is 4.82. The van der Waals surface area contributed by atoms with Crippen LogP contribution in [0, 0.1) is 11.8 Å². The molecule has 0 radical (unpaired) electrons. The fourth-order valence-corrected chi connectivity index (χ4v) is 3.84. The molecule has 2 atom stereocenters. The first-order chi connectivity index (χ1) is 8.79. The summed E-state index contributed by atoms with van der Waals surface area (Å²) >= 11 is 0. The minimum atomic E-state index is 0.765. The lowest BCUT2D eigenvalue weighted by Gasteiger charge is -2.38. The summed E-state index contributed by atoms with van der Waals surface area (Å²) in [4.78, 5) is 2.72. The van der Waals surface area contributed by atoms with E-state index in [4.69, 9.17) is 0 Å². The quantitative estimate of drug-likeness (QED) is 0.808. The van der Waals surface area contributed by atoms with Crippen molar-refractivity contribution in [3.8, 4) is 0 Å². The maximum absolute atomic E-state index is 3.63. The van der Waals surface area contributed by atoms with Crippen LogP contribution in [0.1, 0.15) is 58.8 Å². The number of piperidine rings is 1. The molecule has 1 N–H and O–H groups in total. The normalized spacial score (nSPS) is 31.7. The highest BCUT2D eigenvalue weighted by atomic mass is 15.1. The summed E-state index contributed by atoms with van der Waals surface area (Å²) in [5, 5.41) is 3.63. The second kappa shape index (κ2) is 7.49. The third-order valence-electron chi connectivity index (χ3n) is 5.03. The summed E-state index contributed by atoms with van der Waals surface area (Å²) in [6.07, 6.45) is 10.3. The zero-order chi connectivity index (χ0) is 12.8. The molecule has 2 unspecified atom stereocenters. The minimum absolute atomic E-state index is 0.765. The van der Waals surface area contributed by atoms with Crippen molar-refractivity contribution in [1.82, 2.24) is 10.2 Å². The van der Waals surface area contributed by atoms with E-state index in [9.17, 15) is 0 Å². The van der Waals surface area contributed by atoms with Gasteiger partial charge in [-0.2, -0.15) is 0 Å². The predicted octanol–water partition coefficient (Wildman–Crippen LogP) is 3.28. The Labute approximate surface area is 114 Å². The topological polar surface area (TPSA) is 15.3 Å². The van der Waals surface area contributed by atoms with Crippen molar-refractivity contribution in [2.24, 2.45) is 11.8 Å². The standard InChI is InChI=1S/C16H32N2/c1-3-17-16-10-12-18(13-14(16)2)11-9-15-7-5-4-6-8-15/h14-17H,3-13H2,1-2H3. The van der Waals surface area contributed by atoms with E-state index >= 15 is 0 Å². The van der Waals surface area contributed by atoms with Crippen LogP contribution in [0.3, 0.4) is 0 Å². The molecule has 106 valence electrons. The molecule has 2 aliphatic rings. The first-order valence-electron chi connectivity index (χ1n) is 8.25. The lowest BCUT2D eigenvalue weighted by molar-refractivity contribution is 0.136. The molecule has 0 aromatic carbocycles. The van der Waals surface area contributed by atoms with Crippen LogP contribution in [0.5, 0.6) is 0 Å². The molecule has 1 heterocycles. The van der Waals surface area contributed by atoms with E-state index in [1.165, 1.54) is 64.6 Å². The van der Waals surface area contributed by atoms with E-state index in [0.29, 0.717) is 0 Å². The van der Waals surface area contributed by atoms with Gasteiger partial charge in [-0.1, -0.05) is 46.0 Å². The minimum Gasteiger partial charge on any atom is -0.314 e. The molecule has 1 aliphatic heterocycles. The molecular formula is C16H32N2. The molecule has 0 bridgehead atoms. The van der Waals surface area contributed by atoms with Crippen molar-refractivity contribution in [1.29, 1.82) is 0 Å². The van der Waals surface area contributed by atoms with Gasteiger partial charge in [-0.25, -0.2) is 0 Å². The van der Waals surface area contributed by atoms with Crippen molar-refractivity contribution in [2.75, 3.05) is 26.2 Å². The summed E-state index contributed by atoms with van der Waals surface area (Å²) < 4.78 is 0. The maximum atomic E-state index is 3.63. The average molecular weight is 252 g/mol. The van der Waals surface area contributed by atoms with Crippen LogP contribution in [0.15, 0.2) is 0 Å². The third kappa shape index (κ3) is 4.24. The van der Waals surface area contributed by atoms with Gasteiger partial charge in [-0.05, 0) is 44.3 Å². The monoisotopic (exact) mass is 252 g/mol. The first-order valence-corrected chi connectivity index (χ1v) is 8.25. The lowest BCUT2D eigenvalue weighted by atomic mass is 9.86. The fourth-order valence-electron chi connectivity index (χ4n) is 3.84. The largest absolute Gasteiger partial charge is 0.314 e. The Morgan fingerprint density at radius 3 is 2.56 bits per heavy atom. The highest BCUT2D eigenvalue weighted by Crippen LogP contribution is 2.27. The highest BCUT2D eigenvalue weighted by Gasteiger charge is 2.25. The average Bonchev–Trinajstić information content (AvgIpc) is 2.41. The third-order valence-corrected chi connectivity index (χ3v) is 5.03. The fraction of sp³-hybridized carbons (Fsp3) is 1.00. The maximum Gasteiger partial charge on any atom is 0.0117 e. The first kappa shape index (κ1) is 14.3. The second-order valence-corrected chi connectivity index (χ2v) is 6.52. The van der Waals surface area contributed by atoms with Crippen LogP contribution >= 0.6 is 0 Å². The zero-order valence-electron chi connectivity index (χ0n) is 12.5. The van der Waals surface area contributed by atoms with E-state index in [2.05, 4.69) is 24.1 Å². The molecule has 18 heavy (non-hydrogen) atoms. The van der Waals surface area contributed by atoms with E-state index in [1.54, 1.807) is 0 Å². The SMILES string of the molecule is CCNC1CCN(CCC2CCCCC2)CC1C. The summed E-state index contributed by atoms with van der Waals surface area (Å²) in [6, 6.07) is 0.765. The van der Waals surface area contributed by atoms with Crippen molar-refractivity contribution in [2.45, 2.75) is 64.8 Å². The zero-order valence-corrected chi connectivity index (χ0v) is 12.5. The van der Waals surface area contributed by atoms with Crippen LogP contribution in [0.25, 0.3) is 0 Å². The van der Waals surface area contributed by atoms with Gasteiger partial charge in [0, 0.05) is 12.6 Å². The Morgan fingerprint density at radius 1 is 1.11 bits per heavy atom. The van der Waals surface area contributed by atoms with E-state index in [-0.39, 0.29) is 0 Å². The molecule has 2 heteroatoms. The van der Waals surface area contributed by atoms with Crippen LogP contribution < -0.4 is 5.32 Å². The van der Waals surface area contributed by atoms with Gasteiger partial charge in [0.05, 0.1) is 0 Å². The number of likely N-dealkylation sites (tertiary alicyclic amines) is 1. The van der Waals surface area contributed by atoms with Crippen molar-refractivity contribution < 1.29 is 0 Å². The van der Waals surface area contributed by atoms with Crippen LogP contribution in [0.4, 0.5) is 0 Å². The summed E-state index contributed by atoms with van der Waals surface area (Å²) in [5.74, 6) is 1.87. The van der Waals surface area contributed by atoms with Gasteiger partial charge in [0.15, 0.2) is 0 Å². The van der Waals surface area contributed by atoms with E-state index < -0.39 is 0 Å².